The standard InChI is InChI=1S/C48H29N5O/c1-2-12-31-27-33(24-23-30(31)11-1)46-50-47(52-48(51-46)39-19-10-22-44-45(39)40-29-49-26-25-43(40)54-44)38-18-4-3-15-35(38)32-13-9-14-34(28-32)53-41-20-7-5-16-36(41)37-17-6-8-21-42(37)53/h1-29H. The smallest absolute Gasteiger partial charge is 0.164 e. The molecule has 4 aromatic heterocycles. The van der Waals surface area contributed by atoms with Crippen molar-refractivity contribution in [1.82, 2.24) is 24.5 Å². The van der Waals surface area contributed by atoms with Crippen LogP contribution in [0.3, 0.4) is 0 Å². The molecule has 4 heterocycles. The van der Waals surface area contributed by atoms with E-state index in [1.54, 1.807) is 6.20 Å². The summed E-state index contributed by atoms with van der Waals surface area (Å²) in [4.78, 5) is 20.0. The van der Waals surface area contributed by atoms with Crippen LogP contribution in [0, 0.1) is 0 Å². The molecule has 0 radical (unpaired) electrons. The summed E-state index contributed by atoms with van der Waals surface area (Å²) in [5.41, 5.74) is 9.72. The monoisotopic (exact) mass is 691 g/mol. The van der Waals surface area contributed by atoms with Gasteiger partial charge in [-0.3, -0.25) is 4.98 Å². The van der Waals surface area contributed by atoms with Crippen molar-refractivity contribution < 1.29 is 4.42 Å². The summed E-state index contributed by atoms with van der Waals surface area (Å²) in [5, 5.41) is 6.58. The predicted molar refractivity (Wildman–Crippen MR) is 218 cm³/mol. The zero-order chi connectivity index (χ0) is 35.6. The van der Waals surface area contributed by atoms with Gasteiger partial charge in [0.25, 0.3) is 0 Å². The van der Waals surface area contributed by atoms with E-state index in [1.165, 1.54) is 21.8 Å². The van der Waals surface area contributed by atoms with Crippen molar-refractivity contribution in [2.75, 3.05) is 0 Å². The second kappa shape index (κ2) is 12.1. The molecular weight excluding hydrogens is 663 g/mol. The number of furan rings is 1. The number of rotatable bonds is 5. The molecule has 0 aliphatic carbocycles. The molecule has 0 saturated carbocycles. The van der Waals surface area contributed by atoms with E-state index in [0.29, 0.717) is 17.5 Å². The maximum absolute atomic E-state index is 6.25. The van der Waals surface area contributed by atoms with Gasteiger partial charge in [0, 0.05) is 56.3 Å². The van der Waals surface area contributed by atoms with Crippen LogP contribution in [0.15, 0.2) is 181 Å². The molecule has 7 aromatic carbocycles. The zero-order valence-electron chi connectivity index (χ0n) is 28.9. The predicted octanol–water partition coefficient (Wildman–Crippen LogP) is 12.1. The lowest BCUT2D eigenvalue weighted by Crippen LogP contribution is -2.01. The lowest BCUT2D eigenvalue weighted by molar-refractivity contribution is 0.668. The molecule has 0 saturated heterocycles. The molecule has 6 heteroatoms. The van der Waals surface area contributed by atoms with E-state index in [1.807, 2.05) is 30.5 Å². The van der Waals surface area contributed by atoms with Crippen LogP contribution in [-0.4, -0.2) is 24.5 Å². The normalized spacial score (nSPS) is 11.7. The largest absolute Gasteiger partial charge is 0.456 e. The highest BCUT2D eigenvalue weighted by atomic mass is 16.3. The minimum atomic E-state index is 0.564. The Morgan fingerprint density at radius 2 is 1.09 bits per heavy atom. The number of nitrogens with zero attached hydrogens (tertiary/aromatic N) is 5. The van der Waals surface area contributed by atoms with E-state index in [9.17, 15) is 0 Å². The van der Waals surface area contributed by atoms with E-state index in [0.717, 1.165) is 66.2 Å². The highest BCUT2D eigenvalue weighted by Crippen LogP contribution is 2.39. The van der Waals surface area contributed by atoms with Gasteiger partial charge in [-0.15, -0.1) is 0 Å². The zero-order valence-corrected chi connectivity index (χ0v) is 28.9. The van der Waals surface area contributed by atoms with Gasteiger partial charge < -0.3 is 8.98 Å². The molecule has 0 atom stereocenters. The molecule has 0 aliphatic heterocycles. The molecule has 0 spiro atoms. The third kappa shape index (κ3) is 4.81. The van der Waals surface area contributed by atoms with E-state index in [-0.39, 0.29) is 0 Å². The van der Waals surface area contributed by atoms with Crippen molar-refractivity contribution in [2.45, 2.75) is 0 Å². The van der Waals surface area contributed by atoms with E-state index < -0.39 is 0 Å². The van der Waals surface area contributed by atoms with Crippen LogP contribution in [0.4, 0.5) is 0 Å². The summed E-state index contributed by atoms with van der Waals surface area (Å²) < 4.78 is 8.60. The molecule has 54 heavy (non-hydrogen) atoms. The quantitative estimate of drug-likeness (QED) is 0.180. The topological polar surface area (TPSA) is 69.6 Å². The van der Waals surface area contributed by atoms with Crippen LogP contribution >= 0.6 is 0 Å². The number of fused-ring (bicyclic) bond motifs is 7. The van der Waals surface area contributed by atoms with Crippen LogP contribution in [0.1, 0.15) is 0 Å². The Bertz CT molecular complexity index is 3200. The minimum Gasteiger partial charge on any atom is -0.456 e. The van der Waals surface area contributed by atoms with E-state index in [4.69, 9.17) is 19.4 Å². The minimum absolute atomic E-state index is 0.564. The summed E-state index contributed by atoms with van der Waals surface area (Å²) in [6, 6.07) is 56.9. The molecule has 0 unspecified atom stereocenters. The third-order valence-electron chi connectivity index (χ3n) is 10.3. The van der Waals surface area contributed by atoms with Gasteiger partial charge >= 0.3 is 0 Å². The van der Waals surface area contributed by atoms with Gasteiger partial charge in [-0.2, -0.15) is 0 Å². The van der Waals surface area contributed by atoms with Gasteiger partial charge in [0.15, 0.2) is 17.5 Å². The Balaban J connectivity index is 1.13. The Morgan fingerprint density at radius 1 is 0.426 bits per heavy atom. The van der Waals surface area contributed by atoms with E-state index >= 15 is 0 Å². The third-order valence-corrected chi connectivity index (χ3v) is 10.3. The number of para-hydroxylation sites is 2. The molecule has 0 amide bonds. The van der Waals surface area contributed by atoms with Crippen molar-refractivity contribution in [3.63, 3.8) is 0 Å². The van der Waals surface area contributed by atoms with Gasteiger partial charge in [-0.25, -0.2) is 15.0 Å². The molecule has 0 aliphatic rings. The molecule has 6 nitrogen and oxygen atoms in total. The summed E-state index contributed by atoms with van der Waals surface area (Å²) in [6.45, 7) is 0. The molecular formula is C48H29N5O. The summed E-state index contributed by atoms with van der Waals surface area (Å²) in [7, 11) is 0. The van der Waals surface area contributed by atoms with Crippen LogP contribution in [-0.2, 0) is 0 Å². The fourth-order valence-corrected chi connectivity index (χ4v) is 7.87. The number of pyridine rings is 1. The van der Waals surface area contributed by atoms with Crippen LogP contribution in [0.2, 0.25) is 0 Å². The summed E-state index contributed by atoms with van der Waals surface area (Å²) >= 11 is 0. The van der Waals surface area contributed by atoms with Gasteiger partial charge in [-0.05, 0) is 64.4 Å². The van der Waals surface area contributed by atoms with Crippen LogP contribution in [0.5, 0.6) is 0 Å². The summed E-state index contributed by atoms with van der Waals surface area (Å²) in [6.07, 6.45) is 3.59. The molecule has 0 fully saturated rings. The average Bonchev–Trinajstić information content (AvgIpc) is 3.79. The fraction of sp³-hybridized carbons (Fsp3) is 0. The second-order valence-corrected chi connectivity index (χ2v) is 13.5. The van der Waals surface area contributed by atoms with Gasteiger partial charge in [0.05, 0.1) is 11.0 Å². The highest BCUT2D eigenvalue weighted by Gasteiger charge is 2.20. The summed E-state index contributed by atoms with van der Waals surface area (Å²) in [5.74, 6) is 1.75. The van der Waals surface area contributed by atoms with Gasteiger partial charge in [0.2, 0.25) is 0 Å². The number of benzene rings is 7. The fourth-order valence-electron chi connectivity index (χ4n) is 7.87. The van der Waals surface area contributed by atoms with E-state index in [2.05, 4.69) is 149 Å². The lowest BCUT2D eigenvalue weighted by atomic mass is 9.98. The maximum Gasteiger partial charge on any atom is 0.164 e. The van der Waals surface area contributed by atoms with Crippen LogP contribution in [0.25, 0.3) is 105 Å². The Hall–Kier alpha value is -7.44. The van der Waals surface area contributed by atoms with Crippen molar-refractivity contribution in [3.05, 3.63) is 176 Å². The first-order valence-corrected chi connectivity index (χ1v) is 18.0. The van der Waals surface area contributed by atoms with Crippen molar-refractivity contribution in [3.8, 4) is 51.0 Å². The molecule has 0 N–H and O–H groups in total. The molecule has 252 valence electrons. The van der Waals surface area contributed by atoms with Crippen LogP contribution < -0.4 is 0 Å². The molecule has 0 bridgehead atoms. The van der Waals surface area contributed by atoms with Crippen molar-refractivity contribution >= 4 is 54.5 Å². The maximum atomic E-state index is 6.25. The highest BCUT2D eigenvalue weighted by molar-refractivity contribution is 6.12. The first kappa shape index (κ1) is 30.2. The van der Waals surface area contributed by atoms with Crippen molar-refractivity contribution in [1.29, 1.82) is 0 Å². The number of hydrogen-bond donors (Lipinski definition) is 0. The number of hydrogen-bond acceptors (Lipinski definition) is 5. The molecule has 11 aromatic rings. The van der Waals surface area contributed by atoms with Crippen molar-refractivity contribution in [2.24, 2.45) is 0 Å². The van der Waals surface area contributed by atoms with Gasteiger partial charge in [-0.1, -0.05) is 121 Å². The first-order valence-electron chi connectivity index (χ1n) is 18.0. The Kier molecular flexibility index (Phi) is 6.75. The Morgan fingerprint density at radius 3 is 1.93 bits per heavy atom. The number of aromatic nitrogens is 5. The molecule has 11 rings (SSSR count). The second-order valence-electron chi connectivity index (χ2n) is 13.5. The average molecular weight is 692 g/mol. The first-order chi connectivity index (χ1) is 26.8. The Labute approximate surface area is 309 Å². The lowest BCUT2D eigenvalue weighted by Gasteiger charge is -2.14. The SMILES string of the molecule is c1cc(-c2ccccc2-c2nc(-c3ccc4ccccc4c3)nc(-c3cccc4oc5ccncc5c34)n2)cc(-n2c3ccccc3c3ccccc32)c1. The van der Waals surface area contributed by atoms with Gasteiger partial charge in [0.1, 0.15) is 11.2 Å².